The molecule has 2 N–H and O–H groups in total. The molecule has 0 atom stereocenters. The summed E-state index contributed by atoms with van der Waals surface area (Å²) in [5, 5.41) is 0. The van der Waals surface area contributed by atoms with Crippen molar-refractivity contribution in [3.63, 3.8) is 0 Å². The summed E-state index contributed by atoms with van der Waals surface area (Å²) in [6.07, 6.45) is 4.45. The molecule has 1 aliphatic rings. The molecule has 3 nitrogen and oxygen atoms in total. The standard InChI is InChI=1S/C11H17N3/c1-3-14(9-4-5-9)11-10(12)6-8(2)7-13-11/h6-7,9H,3-5,12H2,1-2H3. The minimum absolute atomic E-state index is 0.678. The first kappa shape index (κ1) is 9.31. The van der Waals surface area contributed by atoms with E-state index in [0.29, 0.717) is 6.04 Å². The molecule has 0 amide bonds. The number of nitrogen functional groups attached to an aromatic ring is 1. The first-order valence-corrected chi connectivity index (χ1v) is 5.21. The Morgan fingerprint density at radius 3 is 2.79 bits per heavy atom. The van der Waals surface area contributed by atoms with Crippen LogP contribution in [0.2, 0.25) is 0 Å². The zero-order valence-corrected chi connectivity index (χ0v) is 8.83. The molecule has 1 saturated carbocycles. The van der Waals surface area contributed by atoms with E-state index in [2.05, 4.69) is 16.8 Å². The Hall–Kier alpha value is -1.25. The zero-order valence-electron chi connectivity index (χ0n) is 8.83. The van der Waals surface area contributed by atoms with Crippen LogP contribution >= 0.6 is 0 Å². The highest BCUT2D eigenvalue weighted by atomic mass is 15.2. The lowest BCUT2D eigenvalue weighted by Gasteiger charge is -2.22. The number of hydrogen-bond acceptors (Lipinski definition) is 3. The van der Waals surface area contributed by atoms with Gasteiger partial charge in [0.25, 0.3) is 0 Å². The van der Waals surface area contributed by atoms with Gasteiger partial charge in [0.1, 0.15) is 0 Å². The first-order valence-electron chi connectivity index (χ1n) is 5.21. The number of aromatic nitrogens is 1. The van der Waals surface area contributed by atoms with Gasteiger partial charge in [-0.25, -0.2) is 4.98 Å². The summed E-state index contributed by atoms with van der Waals surface area (Å²) >= 11 is 0. The summed E-state index contributed by atoms with van der Waals surface area (Å²) in [5.41, 5.74) is 7.89. The van der Waals surface area contributed by atoms with Crippen molar-refractivity contribution in [2.75, 3.05) is 17.2 Å². The molecule has 1 aliphatic carbocycles. The van der Waals surface area contributed by atoms with Crippen LogP contribution in [0.4, 0.5) is 11.5 Å². The number of nitrogens with zero attached hydrogens (tertiary/aromatic N) is 2. The lowest BCUT2D eigenvalue weighted by molar-refractivity contribution is 0.809. The highest BCUT2D eigenvalue weighted by molar-refractivity contribution is 5.64. The van der Waals surface area contributed by atoms with Crippen LogP contribution in [0.3, 0.4) is 0 Å². The van der Waals surface area contributed by atoms with Crippen LogP contribution in [0.5, 0.6) is 0 Å². The fraction of sp³-hybridized carbons (Fsp3) is 0.545. The number of aryl methyl sites for hydroxylation is 1. The number of rotatable bonds is 3. The van der Waals surface area contributed by atoms with Crippen molar-refractivity contribution in [2.24, 2.45) is 0 Å². The van der Waals surface area contributed by atoms with Crippen molar-refractivity contribution >= 4 is 11.5 Å². The highest BCUT2D eigenvalue weighted by Gasteiger charge is 2.29. The molecule has 0 aromatic carbocycles. The van der Waals surface area contributed by atoms with Gasteiger partial charge in [-0.1, -0.05) is 0 Å². The Kier molecular flexibility index (Phi) is 2.32. The quantitative estimate of drug-likeness (QED) is 0.794. The molecule has 1 fully saturated rings. The molecule has 76 valence electrons. The molecule has 1 aromatic heterocycles. The van der Waals surface area contributed by atoms with Gasteiger partial charge in [-0.15, -0.1) is 0 Å². The number of nitrogens with two attached hydrogens (primary N) is 1. The fourth-order valence-electron chi connectivity index (χ4n) is 1.79. The van der Waals surface area contributed by atoms with Gasteiger partial charge in [0.05, 0.1) is 5.69 Å². The maximum Gasteiger partial charge on any atom is 0.152 e. The van der Waals surface area contributed by atoms with E-state index in [1.54, 1.807) is 0 Å². The van der Waals surface area contributed by atoms with Crippen molar-refractivity contribution in [1.29, 1.82) is 0 Å². The molecule has 0 unspecified atom stereocenters. The summed E-state index contributed by atoms with van der Waals surface area (Å²) in [4.78, 5) is 6.71. The summed E-state index contributed by atoms with van der Waals surface area (Å²) < 4.78 is 0. The van der Waals surface area contributed by atoms with Gasteiger partial charge in [-0.05, 0) is 38.3 Å². The molecule has 1 aromatic rings. The van der Waals surface area contributed by atoms with E-state index >= 15 is 0 Å². The number of hydrogen-bond donors (Lipinski definition) is 1. The van der Waals surface area contributed by atoms with Crippen LogP contribution in [0.15, 0.2) is 12.3 Å². The van der Waals surface area contributed by atoms with E-state index in [4.69, 9.17) is 5.73 Å². The van der Waals surface area contributed by atoms with Gasteiger partial charge >= 0.3 is 0 Å². The normalized spacial score (nSPS) is 15.6. The SMILES string of the molecule is CCN(c1ncc(C)cc1N)C1CC1. The van der Waals surface area contributed by atoms with Crippen LogP contribution in [0.25, 0.3) is 0 Å². The maximum atomic E-state index is 5.96. The monoisotopic (exact) mass is 191 g/mol. The van der Waals surface area contributed by atoms with Crippen molar-refractivity contribution in [2.45, 2.75) is 32.7 Å². The Labute approximate surface area is 84.9 Å². The van der Waals surface area contributed by atoms with Gasteiger partial charge < -0.3 is 10.6 Å². The van der Waals surface area contributed by atoms with Gasteiger partial charge in [0.15, 0.2) is 5.82 Å². The zero-order chi connectivity index (χ0) is 10.1. The predicted octanol–water partition coefficient (Wildman–Crippen LogP) is 1.96. The van der Waals surface area contributed by atoms with Gasteiger partial charge in [-0.2, -0.15) is 0 Å². The van der Waals surface area contributed by atoms with Gasteiger partial charge in [0.2, 0.25) is 0 Å². The van der Waals surface area contributed by atoms with Crippen molar-refractivity contribution in [3.05, 3.63) is 17.8 Å². The van der Waals surface area contributed by atoms with E-state index in [1.165, 1.54) is 12.8 Å². The van der Waals surface area contributed by atoms with Crippen LogP contribution in [-0.4, -0.2) is 17.6 Å². The summed E-state index contributed by atoms with van der Waals surface area (Å²) in [5.74, 6) is 0.959. The molecule has 3 heteroatoms. The molecule has 0 spiro atoms. The molecule has 14 heavy (non-hydrogen) atoms. The molecule has 2 rings (SSSR count). The van der Waals surface area contributed by atoms with Crippen LogP contribution in [0.1, 0.15) is 25.3 Å². The topological polar surface area (TPSA) is 42.2 Å². The molecular formula is C11H17N3. The minimum atomic E-state index is 0.678. The Morgan fingerprint density at radius 2 is 2.29 bits per heavy atom. The fourth-order valence-corrected chi connectivity index (χ4v) is 1.79. The Morgan fingerprint density at radius 1 is 1.57 bits per heavy atom. The lowest BCUT2D eigenvalue weighted by atomic mass is 10.2. The molecule has 1 heterocycles. The van der Waals surface area contributed by atoms with E-state index < -0.39 is 0 Å². The second kappa shape index (κ2) is 3.48. The summed E-state index contributed by atoms with van der Waals surface area (Å²) in [7, 11) is 0. The average molecular weight is 191 g/mol. The van der Waals surface area contributed by atoms with Crippen molar-refractivity contribution in [3.8, 4) is 0 Å². The summed E-state index contributed by atoms with van der Waals surface area (Å²) in [6, 6.07) is 2.67. The largest absolute Gasteiger partial charge is 0.396 e. The second-order valence-electron chi connectivity index (χ2n) is 3.94. The molecule has 0 radical (unpaired) electrons. The smallest absolute Gasteiger partial charge is 0.152 e. The van der Waals surface area contributed by atoms with Crippen LogP contribution in [0, 0.1) is 6.92 Å². The Balaban J connectivity index is 2.29. The first-order chi connectivity index (χ1) is 6.72. The summed E-state index contributed by atoms with van der Waals surface area (Å²) in [6.45, 7) is 5.16. The van der Waals surface area contributed by atoms with Gasteiger partial charge in [-0.3, -0.25) is 0 Å². The third kappa shape index (κ3) is 1.67. The van der Waals surface area contributed by atoms with E-state index in [1.807, 2.05) is 19.2 Å². The maximum absolute atomic E-state index is 5.96. The van der Waals surface area contributed by atoms with E-state index in [-0.39, 0.29) is 0 Å². The molecular weight excluding hydrogens is 174 g/mol. The van der Waals surface area contributed by atoms with Crippen LogP contribution in [-0.2, 0) is 0 Å². The minimum Gasteiger partial charge on any atom is -0.396 e. The number of pyridine rings is 1. The molecule has 0 saturated heterocycles. The second-order valence-corrected chi connectivity index (χ2v) is 3.94. The van der Waals surface area contributed by atoms with Gasteiger partial charge in [0, 0.05) is 18.8 Å². The van der Waals surface area contributed by atoms with E-state index in [9.17, 15) is 0 Å². The average Bonchev–Trinajstić information content (AvgIpc) is 2.93. The van der Waals surface area contributed by atoms with E-state index in [0.717, 1.165) is 23.6 Å². The third-order valence-corrected chi connectivity index (χ3v) is 2.63. The van der Waals surface area contributed by atoms with Crippen molar-refractivity contribution in [1.82, 2.24) is 4.98 Å². The van der Waals surface area contributed by atoms with Crippen LogP contribution < -0.4 is 10.6 Å². The lowest BCUT2D eigenvalue weighted by Crippen LogP contribution is -2.27. The molecule has 0 bridgehead atoms. The number of anilines is 2. The predicted molar refractivity (Wildman–Crippen MR) is 59.4 cm³/mol. The highest BCUT2D eigenvalue weighted by Crippen LogP contribution is 2.33. The Bertz CT molecular complexity index is 331. The third-order valence-electron chi connectivity index (χ3n) is 2.63. The van der Waals surface area contributed by atoms with Crippen molar-refractivity contribution < 1.29 is 0 Å². The molecule has 0 aliphatic heterocycles.